The Morgan fingerprint density at radius 3 is 1.70 bits per heavy atom. The molecule has 2 unspecified atom stereocenters. The Hall–Kier alpha value is -0.0700. The zero-order valence-corrected chi connectivity index (χ0v) is 6.36. The van der Waals surface area contributed by atoms with Gasteiger partial charge < -0.3 is 0 Å². The quantitative estimate of drug-likeness (QED) is 0.643. The summed E-state index contributed by atoms with van der Waals surface area (Å²) < 4.78 is 41.6. The van der Waals surface area contributed by atoms with Crippen molar-refractivity contribution in [1.29, 1.82) is 0 Å². The molecule has 0 fully saturated rings. The maximum atomic E-state index is 11.8. The normalized spacial score (nSPS) is 20.0. The van der Waals surface area contributed by atoms with Crippen LogP contribution in [-0.2, 0) is 19.7 Å². The fraction of sp³-hybridized carbons (Fsp3) is 1.00. The number of halogens is 2. The van der Waals surface area contributed by atoms with Crippen LogP contribution in [0.3, 0.4) is 0 Å². The molecule has 0 radical (unpaired) electrons. The summed E-state index contributed by atoms with van der Waals surface area (Å²) >= 11 is -2.33. The zero-order chi connectivity index (χ0) is 8.15. The predicted octanol–water partition coefficient (Wildman–Crippen LogP) is 1.23. The number of hydrogen-bond donors (Lipinski definition) is 0. The Morgan fingerprint density at radius 2 is 1.50 bits per heavy atom. The van der Waals surface area contributed by atoms with Gasteiger partial charge in [-0.3, -0.25) is 0 Å². The van der Waals surface area contributed by atoms with Crippen LogP contribution in [0.15, 0.2) is 0 Å². The average Bonchev–Trinajstić information content (AvgIpc) is 1.58. The van der Waals surface area contributed by atoms with Crippen molar-refractivity contribution in [3.8, 4) is 0 Å². The molecule has 0 spiro atoms. The first-order valence-electron chi connectivity index (χ1n) is 2.56. The monoisotopic (exact) mass is 174 g/mol. The largest absolute Gasteiger partial charge is 0.310 e. The van der Waals surface area contributed by atoms with Gasteiger partial charge in [-0.1, -0.05) is 0 Å². The minimum atomic E-state index is -2.33. The van der Waals surface area contributed by atoms with E-state index in [0.29, 0.717) is 0 Å². The zero-order valence-electron chi connectivity index (χ0n) is 5.54. The molecule has 62 valence electrons. The van der Waals surface area contributed by atoms with Crippen molar-refractivity contribution in [2.24, 2.45) is 0 Å². The molecular formula is C4H8F2O3S. The summed E-state index contributed by atoms with van der Waals surface area (Å²) in [6.07, 6.45) is -3.45. The van der Waals surface area contributed by atoms with Gasteiger partial charge in [0.25, 0.3) is 0 Å². The molecule has 2 atom stereocenters. The van der Waals surface area contributed by atoms with E-state index in [1.165, 1.54) is 0 Å². The molecule has 0 N–H and O–H groups in total. The molecule has 0 aliphatic rings. The molecule has 0 saturated heterocycles. The van der Waals surface area contributed by atoms with Crippen molar-refractivity contribution in [1.82, 2.24) is 0 Å². The van der Waals surface area contributed by atoms with E-state index in [1.54, 1.807) is 0 Å². The van der Waals surface area contributed by atoms with Gasteiger partial charge >= 0.3 is 11.4 Å². The van der Waals surface area contributed by atoms with Crippen LogP contribution in [0.25, 0.3) is 0 Å². The minimum Gasteiger partial charge on any atom is -0.232 e. The highest BCUT2D eigenvalue weighted by Gasteiger charge is 2.09. The van der Waals surface area contributed by atoms with Crippen LogP contribution >= 0.6 is 0 Å². The standard InChI is InChI=1S/C4H8F2O3S/c1-3(5)8-10(7)9-4(2)6/h3-4H,1-2H3. The molecule has 0 aromatic heterocycles. The SMILES string of the molecule is CC(F)OS(=O)OC(C)F. The Bertz CT molecular complexity index is 105. The highest BCUT2D eigenvalue weighted by atomic mass is 32.2. The van der Waals surface area contributed by atoms with Crippen molar-refractivity contribution in [2.75, 3.05) is 0 Å². The van der Waals surface area contributed by atoms with Gasteiger partial charge in [0.1, 0.15) is 0 Å². The summed E-state index contributed by atoms with van der Waals surface area (Å²) in [7, 11) is 0. The first-order chi connectivity index (χ1) is 4.52. The molecule has 0 aliphatic heterocycles. The summed E-state index contributed by atoms with van der Waals surface area (Å²) in [5, 5.41) is 0. The average molecular weight is 174 g/mol. The highest BCUT2D eigenvalue weighted by Crippen LogP contribution is 2.01. The highest BCUT2D eigenvalue weighted by molar-refractivity contribution is 7.75. The molecule has 0 heterocycles. The second kappa shape index (κ2) is 4.70. The lowest BCUT2D eigenvalue weighted by molar-refractivity contribution is 0.0432. The van der Waals surface area contributed by atoms with Gasteiger partial charge in [0.2, 0.25) is 12.7 Å². The lowest BCUT2D eigenvalue weighted by atomic mass is 10.8. The van der Waals surface area contributed by atoms with Gasteiger partial charge in [0, 0.05) is 0 Å². The van der Waals surface area contributed by atoms with Crippen molar-refractivity contribution < 1.29 is 21.4 Å². The maximum absolute atomic E-state index is 11.8. The van der Waals surface area contributed by atoms with Crippen molar-refractivity contribution in [3.63, 3.8) is 0 Å². The van der Waals surface area contributed by atoms with Crippen molar-refractivity contribution >= 4 is 11.4 Å². The molecule has 0 bridgehead atoms. The summed E-state index contributed by atoms with van der Waals surface area (Å²) in [6.45, 7) is 2.04. The second-order valence-electron chi connectivity index (χ2n) is 1.48. The first kappa shape index (κ1) is 9.93. The molecule has 10 heavy (non-hydrogen) atoms. The molecule has 0 amide bonds. The van der Waals surface area contributed by atoms with Crippen LogP contribution < -0.4 is 0 Å². The number of alkyl halides is 2. The van der Waals surface area contributed by atoms with Gasteiger partial charge in [-0.2, -0.15) is 4.21 Å². The van der Waals surface area contributed by atoms with E-state index >= 15 is 0 Å². The van der Waals surface area contributed by atoms with E-state index in [1.807, 2.05) is 0 Å². The molecule has 0 aromatic carbocycles. The molecule has 0 rings (SSSR count). The number of rotatable bonds is 4. The molecule has 0 saturated carbocycles. The van der Waals surface area contributed by atoms with E-state index in [2.05, 4.69) is 8.37 Å². The topological polar surface area (TPSA) is 35.5 Å². The number of hydrogen-bond acceptors (Lipinski definition) is 3. The van der Waals surface area contributed by atoms with Gasteiger partial charge in [0.15, 0.2) is 0 Å². The Kier molecular flexibility index (Phi) is 4.67. The van der Waals surface area contributed by atoms with Crippen molar-refractivity contribution in [3.05, 3.63) is 0 Å². The fourth-order valence-corrected chi connectivity index (χ4v) is 0.718. The Labute approximate surface area is 60.2 Å². The molecule has 3 nitrogen and oxygen atoms in total. The molecule has 6 heteroatoms. The van der Waals surface area contributed by atoms with Crippen LogP contribution in [0.4, 0.5) is 8.78 Å². The molecular weight excluding hydrogens is 166 g/mol. The summed E-state index contributed by atoms with van der Waals surface area (Å²) in [5.41, 5.74) is 0. The van der Waals surface area contributed by atoms with E-state index in [4.69, 9.17) is 0 Å². The van der Waals surface area contributed by atoms with Crippen molar-refractivity contribution in [2.45, 2.75) is 26.6 Å². The molecule has 0 aliphatic carbocycles. The van der Waals surface area contributed by atoms with Crippen LogP contribution in [0.5, 0.6) is 0 Å². The summed E-state index contributed by atoms with van der Waals surface area (Å²) in [6, 6.07) is 0. The Balaban J connectivity index is 3.44. The second-order valence-corrected chi connectivity index (χ2v) is 2.28. The third kappa shape index (κ3) is 6.06. The summed E-state index contributed by atoms with van der Waals surface area (Å²) in [5.74, 6) is 0. The Morgan fingerprint density at radius 1 is 1.20 bits per heavy atom. The maximum Gasteiger partial charge on any atom is 0.310 e. The third-order valence-corrected chi connectivity index (χ3v) is 1.27. The van der Waals surface area contributed by atoms with E-state index < -0.39 is 24.1 Å². The van der Waals surface area contributed by atoms with Gasteiger partial charge in [0.05, 0.1) is 0 Å². The van der Waals surface area contributed by atoms with E-state index in [0.717, 1.165) is 13.8 Å². The van der Waals surface area contributed by atoms with Crippen LogP contribution in [-0.4, -0.2) is 16.9 Å². The molecule has 0 aromatic rings. The first-order valence-corrected chi connectivity index (χ1v) is 3.56. The van der Waals surface area contributed by atoms with Gasteiger partial charge in [-0.05, 0) is 13.8 Å². The predicted molar refractivity (Wildman–Crippen MR) is 31.5 cm³/mol. The smallest absolute Gasteiger partial charge is 0.232 e. The van der Waals surface area contributed by atoms with E-state index in [9.17, 15) is 13.0 Å². The van der Waals surface area contributed by atoms with Gasteiger partial charge in [-0.15, -0.1) is 0 Å². The minimum absolute atomic E-state index is 1.02. The lowest BCUT2D eigenvalue weighted by Crippen LogP contribution is -2.11. The third-order valence-electron chi connectivity index (χ3n) is 0.422. The van der Waals surface area contributed by atoms with E-state index in [-0.39, 0.29) is 0 Å². The van der Waals surface area contributed by atoms with Gasteiger partial charge in [-0.25, -0.2) is 17.1 Å². The van der Waals surface area contributed by atoms with Crippen LogP contribution in [0.1, 0.15) is 13.8 Å². The van der Waals surface area contributed by atoms with Crippen LogP contribution in [0, 0.1) is 0 Å². The summed E-state index contributed by atoms with van der Waals surface area (Å²) in [4.78, 5) is 0. The fourth-order valence-electron chi connectivity index (χ4n) is 0.239. The lowest BCUT2D eigenvalue weighted by Gasteiger charge is -2.03. The van der Waals surface area contributed by atoms with Crippen LogP contribution in [0.2, 0.25) is 0 Å².